The van der Waals surface area contributed by atoms with Crippen LogP contribution >= 0.6 is 27.5 Å². The third-order valence-corrected chi connectivity index (χ3v) is 5.47. The molecule has 1 aliphatic rings. The molecule has 4 nitrogen and oxygen atoms in total. The Bertz CT molecular complexity index is 585. The third kappa shape index (κ3) is 4.35. The summed E-state index contributed by atoms with van der Waals surface area (Å²) >= 11 is 9.26. The van der Waals surface area contributed by atoms with E-state index in [4.69, 9.17) is 21.5 Å². The summed E-state index contributed by atoms with van der Waals surface area (Å²) in [7, 11) is -3.50. The van der Waals surface area contributed by atoms with Gasteiger partial charge >= 0.3 is 0 Å². The maximum absolute atomic E-state index is 11.4. The molecule has 0 saturated heterocycles. The van der Waals surface area contributed by atoms with E-state index in [-0.39, 0.29) is 11.2 Å². The molecule has 0 spiro atoms. The smallest absolute Gasteiger partial charge is 0.209 e. The number of sulfonamides is 1. The van der Waals surface area contributed by atoms with Crippen molar-refractivity contribution >= 4 is 37.6 Å². The Morgan fingerprint density at radius 2 is 2.00 bits per heavy atom. The van der Waals surface area contributed by atoms with E-state index in [2.05, 4.69) is 15.9 Å². The molecule has 1 aromatic carbocycles. The van der Waals surface area contributed by atoms with Crippen LogP contribution in [0.2, 0.25) is 5.02 Å². The van der Waals surface area contributed by atoms with E-state index < -0.39 is 10.0 Å². The number of hydrogen-bond donors (Lipinski definition) is 1. The lowest BCUT2D eigenvalue weighted by Gasteiger charge is -2.28. The second-order valence-corrected chi connectivity index (χ2v) is 8.28. The lowest BCUT2D eigenvalue weighted by atomic mass is 9.90. The van der Waals surface area contributed by atoms with Crippen molar-refractivity contribution in [2.24, 2.45) is 10.6 Å². The molecule has 7 heteroatoms. The fourth-order valence-corrected chi connectivity index (χ4v) is 4.73. The van der Waals surface area contributed by atoms with E-state index in [1.165, 1.54) is 0 Å². The fourth-order valence-electron chi connectivity index (χ4n) is 2.71. The molecular weight excluding hydrogens is 366 g/mol. The number of rotatable bonds is 5. The first kappa shape index (κ1) is 16.1. The van der Waals surface area contributed by atoms with Crippen molar-refractivity contribution < 1.29 is 13.2 Å². The highest BCUT2D eigenvalue weighted by Crippen LogP contribution is 2.40. The fraction of sp³-hybridized carbons (Fsp3) is 0.538. The summed E-state index contributed by atoms with van der Waals surface area (Å²) in [5.74, 6) is 0.640. The second kappa shape index (κ2) is 6.22. The van der Waals surface area contributed by atoms with Crippen LogP contribution in [0.5, 0.6) is 5.75 Å². The normalized spacial score (nSPS) is 18.1. The number of primary sulfonamides is 1. The summed E-state index contributed by atoms with van der Waals surface area (Å²) in [5, 5.41) is 5.82. The summed E-state index contributed by atoms with van der Waals surface area (Å²) in [5.41, 5.74) is -0.368. The highest BCUT2D eigenvalue weighted by atomic mass is 79.9. The van der Waals surface area contributed by atoms with Gasteiger partial charge < -0.3 is 4.74 Å². The standard InChI is InChI=1S/C13H17BrClNO3S/c14-11-7-10(15)3-4-12(11)19-8-13(5-1-2-6-13)9-20(16,17)18/h3-4,7H,1-2,5-6,8-9H2,(H2,16,17,18). The Kier molecular flexibility index (Phi) is 5.00. The average molecular weight is 383 g/mol. The van der Waals surface area contributed by atoms with Gasteiger partial charge in [-0.3, -0.25) is 0 Å². The van der Waals surface area contributed by atoms with Crippen molar-refractivity contribution in [2.75, 3.05) is 12.4 Å². The highest BCUT2D eigenvalue weighted by molar-refractivity contribution is 9.10. The quantitative estimate of drug-likeness (QED) is 0.849. The van der Waals surface area contributed by atoms with Crippen LogP contribution in [0.3, 0.4) is 0 Å². The molecule has 0 amide bonds. The van der Waals surface area contributed by atoms with Gasteiger partial charge in [0.25, 0.3) is 0 Å². The van der Waals surface area contributed by atoms with Crippen LogP contribution in [0.4, 0.5) is 0 Å². The summed E-state index contributed by atoms with van der Waals surface area (Å²) in [6.45, 7) is 0.351. The number of ether oxygens (including phenoxy) is 1. The number of benzene rings is 1. The molecule has 0 heterocycles. The van der Waals surface area contributed by atoms with Gasteiger partial charge in [0, 0.05) is 10.4 Å². The first-order chi connectivity index (χ1) is 9.30. The molecule has 2 N–H and O–H groups in total. The van der Waals surface area contributed by atoms with Crippen LogP contribution in [0.1, 0.15) is 25.7 Å². The first-order valence-electron chi connectivity index (χ1n) is 6.38. The Balaban J connectivity index is 2.09. The molecular formula is C13H17BrClNO3S. The van der Waals surface area contributed by atoms with Crippen LogP contribution in [-0.4, -0.2) is 20.8 Å². The lowest BCUT2D eigenvalue weighted by Crippen LogP contribution is -2.36. The van der Waals surface area contributed by atoms with E-state index in [0.717, 1.165) is 30.2 Å². The van der Waals surface area contributed by atoms with Crippen molar-refractivity contribution in [1.29, 1.82) is 0 Å². The minimum Gasteiger partial charge on any atom is -0.492 e. The minimum atomic E-state index is -3.50. The van der Waals surface area contributed by atoms with E-state index in [1.807, 2.05) is 0 Å². The molecule has 112 valence electrons. The Labute approximate surface area is 132 Å². The SMILES string of the molecule is NS(=O)(=O)CC1(COc2ccc(Cl)cc2Br)CCCC1. The van der Waals surface area contributed by atoms with Gasteiger partial charge in [0.05, 0.1) is 16.8 Å². The number of nitrogens with two attached hydrogens (primary N) is 1. The van der Waals surface area contributed by atoms with Gasteiger partial charge in [-0.1, -0.05) is 24.4 Å². The van der Waals surface area contributed by atoms with Gasteiger partial charge in [-0.15, -0.1) is 0 Å². The summed E-state index contributed by atoms with van der Waals surface area (Å²) in [6, 6.07) is 5.26. The topological polar surface area (TPSA) is 69.4 Å². The largest absolute Gasteiger partial charge is 0.492 e. The van der Waals surface area contributed by atoms with Gasteiger partial charge in [0.1, 0.15) is 5.75 Å². The molecule has 20 heavy (non-hydrogen) atoms. The number of hydrogen-bond acceptors (Lipinski definition) is 3. The maximum Gasteiger partial charge on any atom is 0.209 e. The molecule has 0 aromatic heterocycles. The molecule has 1 saturated carbocycles. The first-order valence-corrected chi connectivity index (χ1v) is 9.27. The second-order valence-electron chi connectivity index (χ2n) is 5.38. The van der Waals surface area contributed by atoms with Crippen molar-refractivity contribution in [2.45, 2.75) is 25.7 Å². The van der Waals surface area contributed by atoms with E-state index in [1.54, 1.807) is 18.2 Å². The molecule has 0 atom stereocenters. The van der Waals surface area contributed by atoms with E-state index in [0.29, 0.717) is 17.4 Å². The van der Waals surface area contributed by atoms with E-state index >= 15 is 0 Å². The van der Waals surface area contributed by atoms with Crippen LogP contribution in [-0.2, 0) is 10.0 Å². The van der Waals surface area contributed by atoms with Crippen LogP contribution in [0.15, 0.2) is 22.7 Å². The molecule has 0 bridgehead atoms. The van der Waals surface area contributed by atoms with Crippen molar-refractivity contribution in [3.8, 4) is 5.75 Å². The zero-order valence-corrected chi connectivity index (χ0v) is 14.1. The summed E-state index contributed by atoms with van der Waals surface area (Å²) in [6.07, 6.45) is 3.69. The highest BCUT2D eigenvalue weighted by Gasteiger charge is 2.38. The van der Waals surface area contributed by atoms with Gasteiger partial charge in [-0.2, -0.15) is 0 Å². The summed E-state index contributed by atoms with van der Waals surface area (Å²) < 4.78 is 29.4. The molecule has 2 rings (SSSR count). The third-order valence-electron chi connectivity index (χ3n) is 3.60. The maximum atomic E-state index is 11.4. The predicted octanol–water partition coefficient (Wildman–Crippen LogP) is 3.33. The van der Waals surface area contributed by atoms with Gasteiger partial charge in [0.2, 0.25) is 10.0 Å². The average Bonchev–Trinajstić information content (AvgIpc) is 2.74. The van der Waals surface area contributed by atoms with Crippen molar-refractivity contribution in [3.63, 3.8) is 0 Å². The zero-order valence-electron chi connectivity index (χ0n) is 10.9. The molecule has 1 fully saturated rings. The van der Waals surface area contributed by atoms with Crippen molar-refractivity contribution in [1.82, 2.24) is 0 Å². The van der Waals surface area contributed by atoms with Gasteiger partial charge in [-0.05, 0) is 47.0 Å². The molecule has 0 radical (unpaired) electrons. The number of halogens is 2. The van der Waals surface area contributed by atoms with Crippen LogP contribution in [0.25, 0.3) is 0 Å². The Morgan fingerprint density at radius 1 is 1.35 bits per heavy atom. The predicted molar refractivity (Wildman–Crippen MR) is 83.5 cm³/mol. The van der Waals surface area contributed by atoms with Crippen LogP contribution < -0.4 is 9.88 Å². The summed E-state index contributed by atoms with van der Waals surface area (Å²) in [4.78, 5) is 0. The Hall–Kier alpha value is -0.300. The molecule has 1 aliphatic carbocycles. The van der Waals surface area contributed by atoms with Crippen LogP contribution in [0, 0.1) is 5.41 Å². The van der Waals surface area contributed by atoms with E-state index in [9.17, 15) is 8.42 Å². The zero-order chi connectivity index (χ0) is 14.8. The molecule has 1 aromatic rings. The van der Waals surface area contributed by atoms with Crippen molar-refractivity contribution in [3.05, 3.63) is 27.7 Å². The van der Waals surface area contributed by atoms with Gasteiger partial charge in [0.15, 0.2) is 0 Å². The minimum absolute atomic E-state index is 0.0226. The Morgan fingerprint density at radius 3 is 2.55 bits per heavy atom. The van der Waals surface area contributed by atoms with Gasteiger partial charge in [-0.25, -0.2) is 13.6 Å². The lowest BCUT2D eigenvalue weighted by molar-refractivity contribution is 0.169. The monoisotopic (exact) mass is 381 g/mol. The molecule has 0 unspecified atom stereocenters. The molecule has 0 aliphatic heterocycles.